The molecular weight excluding hydrogens is 255 g/mol. The second-order valence-electron chi connectivity index (χ2n) is 4.56. The van der Waals surface area contributed by atoms with Gasteiger partial charge in [0, 0.05) is 39.0 Å². The van der Waals surface area contributed by atoms with Crippen molar-refractivity contribution < 1.29 is 12.8 Å². The number of sulfone groups is 1. The predicted octanol–water partition coefficient (Wildman–Crippen LogP) is 0.634. The van der Waals surface area contributed by atoms with E-state index in [0.717, 1.165) is 38.0 Å². The molecule has 1 aliphatic rings. The molecule has 2 rings (SSSR count). The molecule has 1 aromatic carbocycles. The summed E-state index contributed by atoms with van der Waals surface area (Å²) in [7, 11) is -3.50. The van der Waals surface area contributed by atoms with Crippen molar-refractivity contribution in [3.63, 3.8) is 0 Å². The van der Waals surface area contributed by atoms with Crippen LogP contribution in [0.3, 0.4) is 0 Å². The van der Waals surface area contributed by atoms with Gasteiger partial charge in [-0.15, -0.1) is 0 Å². The van der Waals surface area contributed by atoms with Crippen molar-refractivity contribution in [2.24, 2.45) is 0 Å². The summed E-state index contributed by atoms with van der Waals surface area (Å²) in [6.07, 6.45) is 1.03. The zero-order valence-electron chi connectivity index (χ0n) is 10.3. The Balaban J connectivity index is 2.19. The quantitative estimate of drug-likeness (QED) is 0.877. The highest BCUT2D eigenvalue weighted by molar-refractivity contribution is 7.90. The van der Waals surface area contributed by atoms with Gasteiger partial charge in [0.15, 0.2) is 9.84 Å². The third kappa shape index (κ3) is 3.28. The summed E-state index contributed by atoms with van der Waals surface area (Å²) in [6.45, 7) is 4.36. The third-order valence-electron chi connectivity index (χ3n) is 3.01. The van der Waals surface area contributed by atoms with Crippen LogP contribution in [0.1, 0.15) is 5.56 Å². The molecule has 0 atom stereocenters. The number of nitrogens with one attached hydrogen (secondary N) is 1. The summed E-state index contributed by atoms with van der Waals surface area (Å²) >= 11 is 0. The predicted molar refractivity (Wildman–Crippen MR) is 67.7 cm³/mol. The minimum atomic E-state index is -3.50. The van der Waals surface area contributed by atoms with Crippen molar-refractivity contribution in [2.45, 2.75) is 11.4 Å². The molecule has 0 aliphatic carbocycles. The number of hydrogen-bond donors (Lipinski definition) is 1. The maximum absolute atomic E-state index is 13.4. The van der Waals surface area contributed by atoms with E-state index in [2.05, 4.69) is 10.2 Å². The number of halogens is 1. The Morgan fingerprint density at radius 3 is 2.61 bits per heavy atom. The van der Waals surface area contributed by atoms with Gasteiger partial charge in [0.2, 0.25) is 0 Å². The number of piperazine rings is 1. The average Bonchev–Trinajstić information content (AvgIpc) is 2.31. The SMILES string of the molecule is CS(=O)(=O)c1cc(CN2CCNCC2)ccc1F. The van der Waals surface area contributed by atoms with E-state index < -0.39 is 15.7 Å². The molecular formula is C12H17FN2O2S. The van der Waals surface area contributed by atoms with Crippen molar-refractivity contribution in [3.8, 4) is 0 Å². The fourth-order valence-electron chi connectivity index (χ4n) is 2.06. The molecule has 1 aliphatic heterocycles. The molecule has 0 amide bonds. The van der Waals surface area contributed by atoms with E-state index >= 15 is 0 Å². The topological polar surface area (TPSA) is 49.4 Å². The highest BCUT2D eigenvalue weighted by Crippen LogP contribution is 2.17. The van der Waals surface area contributed by atoms with Gasteiger partial charge >= 0.3 is 0 Å². The largest absolute Gasteiger partial charge is 0.314 e. The van der Waals surface area contributed by atoms with Crippen LogP contribution in [0.5, 0.6) is 0 Å². The summed E-state index contributed by atoms with van der Waals surface area (Å²) in [5.41, 5.74) is 0.832. The molecule has 0 spiro atoms. The van der Waals surface area contributed by atoms with Gasteiger partial charge in [0.05, 0.1) is 0 Å². The maximum atomic E-state index is 13.4. The van der Waals surface area contributed by atoms with Gasteiger partial charge in [0.25, 0.3) is 0 Å². The Morgan fingerprint density at radius 2 is 2.00 bits per heavy atom. The van der Waals surface area contributed by atoms with E-state index in [-0.39, 0.29) is 4.90 Å². The van der Waals surface area contributed by atoms with Crippen LogP contribution in [0.4, 0.5) is 4.39 Å². The standard InChI is InChI=1S/C12H17FN2O2S/c1-18(16,17)12-8-10(2-3-11(12)13)9-15-6-4-14-5-7-15/h2-3,8,14H,4-7,9H2,1H3. The molecule has 0 radical (unpaired) electrons. The Labute approximate surface area is 107 Å². The van der Waals surface area contributed by atoms with Gasteiger partial charge in [0.1, 0.15) is 10.7 Å². The molecule has 0 unspecified atom stereocenters. The normalized spacial score (nSPS) is 17.9. The molecule has 1 fully saturated rings. The van der Waals surface area contributed by atoms with Crippen LogP contribution in [0, 0.1) is 5.82 Å². The van der Waals surface area contributed by atoms with Crippen molar-refractivity contribution in [1.82, 2.24) is 10.2 Å². The van der Waals surface area contributed by atoms with Crippen LogP contribution >= 0.6 is 0 Å². The van der Waals surface area contributed by atoms with Crippen LogP contribution in [0.2, 0.25) is 0 Å². The zero-order chi connectivity index (χ0) is 13.2. The van der Waals surface area contributed by atoms with E-state index in [0.29, 0.717) is 6.54 Å². The molecule has 1 heterocycles. The van der Waals surface area contributed by atoms with Gasteiger partial charge in [-0.05, 0) is 17.7 Å². The Morgan fingerprint density at radius 1 is 1.33 bits per heavy atom. The van der Waals surface area contributed by atoms with Gasteiger partial charge in [-0.2, -0.15) is 0 Å². The highest BCUT2D eigenvalue weighted by Gasteiger charge is 2.16. The van der Waals surface area contributed by atoms with E-state index in [1.807, 2.05) is 0 Å². The summed E-state index contributed by atoms with van der Waals surface area (Å²) in [5, 5.41) is 3.25. The average molecular weight is 272 g/mol. The second kappa shape index (κ2) is 5.34. The molecule has 18 heavy (non-hydrogen) atoms. The van der Waals surface area contributed by atoms with Crippen LogP contribution in [0.15, 0.2) is 23.1 Å². The third-order valence-corrected chi connectivity index (χ3v) is 4.12. The molecule has 0 saturated carbocycles. The smallest absolute Gasteiger partial charge is 0.178 e. The Hall–Kier alpha value is -0.980. The van der Waals surface area contributed by atoms with E-state index in [9.17, 15) is 12.8 Å². The molecule has 1 N–H and O–H groups in total. The summed E-state index contributed by atoms with van der Waals surface area (Å²) in [6, 6.07) is 4.31. The number of rotatable bonds is 3. The Bertz CT molecular complexity index is 525. The summed E-state index contributed by atoms with van der Waals surface area (Å²) in [4.78, 5) is 2.01. The molecule has 100 valence electrons. The number of benzene rings is 1. The van der Waals surface area contributed by atoms with Crippen molar-refractivity contribution in [3.05, 3.63) is 29.6 Å². The lowest BCUT2D eigenvalue weighted by Gasteiger charge is -2.27. The first-order valence-electron chi connectivity index (χ1n) is 5.88. The van der Waals surface area contributed by atoms with Gasteiger partial charge in [-0.3, -0.25) is 4.90 Å². The van der Waals surface area contributed by atoms with E-state index in [4.69, 9.17) is 0 Å². The lowest BCUT2D eigenvalue weighted by Crippen LogP contribution is -2.42. The van der Waals surface area contributed by atoms with Gasteiger partial charge < -0.3 is 5.32 Å². The number of hydrogen-bond acceptors (Lipinski definition) is 4. The minimum absolute atomic E-state index is 0.213. The first kappa shape index (κ1) is 13.5. The van der Waals surface area contributed by atoms with Gasteiger partial charge in [-0.1, -0.05) is 6.07 Å². The summed E-state index contributed by atoms with van der Waals surface area (Å²) in [5.74, 6) is -0.679. The van der Waals surface area contributed by atoms with Crippen molar-refractivity contribution in [1.29, 1.82) is 0 Å². The van der Waals surface area contributed by atoms with Crippen LogP contribution in [-0.2, 0) is 16.4 Å². The number of nitrogens with zero attached hydrogens (tertiary/aromatic N) is 1. The molecule has 1 saturated heterocycles. The van der Waals surface area contributed by atoms with Crippen LogP contribution < -0.4 is 5.32 Å². The van der Waals surface area contributed by atoms with Crippen LogP contribution in [-0.4, -0.2) is 45.8 Å². The molecule has 0 bridgehead atoms. The minimum Gasteiger partial charge on any atom is -0.314 e. The van der Waals surface area contributed by atoms with E-state index in [1.54, 1.807) is 6.07 Å². The Kier molecular flexibility index (Phi) is 3.99. The molecule has 1 aromatic rings. The first-order valence-corrected chi connectivity index (χ1v) is 7.77. The van der Waals surface area contributed by atoms with Crippen LogP contribution in [0.25, 0.3) is 0 Å². The highest BCUT2D eigenvalue weighted by atomic mass is 32.2. The zero-order valence-corrected chi connectivity index (χ0v) is 11.1. The first-order chi connectivity index (χ1) is 8.47. The molecule has 0 aromatic heterocycles. The lowest BCUT2D eigenvalue weighted by molar-refractivity contribution is 0.233. The van der Waals surface area contributed by atoms with Crippen molar-refractivity contribution in [2.75, 3.05) is 32.4 Å². The maximum Gasteiger partial charge on any atom is 0.178 e. The second-order valence-corrected chi connectivity index (χ2v) is 6.55. The summed E-state index contributed by atoms with van der Waals surface area (Å²) < 4.78 is 36.3. The molecule has 4 nitrogen and oxygen atoms in total. The lowest BCUT2D eigenvalue weighted by atomic mass is 10.2. The van der Waals surface area contributed by atoms with Crippen molar-refractivity contribution >= 4 is 9.84 Å². The monoisotopic (exact) mass is 272 g/mol. The fraction of sp³-hybridized carbons (Fsp3) is 0.500. The van der Waals surface area contributed by atoms with Gasteiger partial charge in [-0.25, -0.2) is 12.8 Å². The van der Waals surface area contributed by atoms with E-state index in [1.165, 1.54) is 12.1 Å². The molecule has 6 heteroatoms. The fourth-order valence-corrected chi connectivity index (χ4v) is 2.85.